The van der Waals surface area contributed by atoms with E-state index in [9.17, 15) is 0 Å². The van der Waals surface area contributed by atoms with Crippen LogP contribution in [0, 0.1) is 5.92 Å². The molecule has 0 bridgehead atoms. The molecule has 1 saturated carbocycles. The molecule has 0 spiro atoms. The lowest BCUT2D eigenvalue weighted by atomic mass is 10.4. The zero-order chi connectivity index (χ0) is 13.9. The summed E-state index contributed by atoms with van der Waals surface area (Å²) in [5.41, 5.74) is 2.52. The number of nitrogens with one attached hydrogen (secondary N) is 1. The van der Waals surface area contributed by atoms with Gasteiger partial charge < -0.3 is 14.5 Å². The van der Waals surface area contributed by atoms with Crippen molar-refractivity contribution in [3.8, 4) is 0 Å². The zero-order valence-corrected chi connectivity index (χ0v) is 11.7. The second kappa shape index (κ2) is 5.76. The topological polar surface area (TPSA) is 92.4 Å². The molecular formula is C12H21N7O. The molecule has 0 amide bonds. The van der Waals surface area contributed by atoms with E-state index in [2.05, 4.69) is 30.2 Å². The minimum absolute atomic E-state index is 0.402. The van der Waals surface area contributed by atoms with Crippen molar-refractivity contribution in [2.45, 2.75) is 12.8 Å². The van der Waals surface area contributed by atoms with Gasteiger partial charge in [0.1, 0.15) is 0 Å². The molecule has 0 aromatic carbocycles. The minimum Gasteiger partial charge on any atom is -0.378 e. The SMILES string of the molecule is CN(CC1CC1)c1nc(NN)nc(N2CCOCC2)n1. The number of nitrogens with two attached hydrogens (primary N) is 1. The van der Waals surface area contributed by atoms with Crippen molar-refractivity contribution in [2.24, 2.45) is 11.8 Å². The Balaban J connectivity index is 1.81. The first-order valence-electron chi connectivity index (χ1n) is 7.03. The van der Waals surface area contributed by atoms with Crippen LogP contribution >= 0.6 is 0 Å². The normalized spacial score (nSPS) is 19.0. The molecule has 3 N–H and O–H groups in total. The molecule has 2 heterocycles. The number of nitrogen functional groups attached to an aromatic ring is 1. The van der Waals surface area contributed by atoms with E-state index in [1.165, 1.54) is 12.8 Å². The van der Waals surface area contributed by atoms with E-state index < -0.39 is 0 Å². The first-order valence-corrected chi connectivity index (χ1v) is 7.03. The van der Waals surface area contributed by atoms with E-state index in [0.717, 1.165) is 25.6 Å². The molecule has 1 aromatic rings. The highest BCUT2D eigenvalue weighted by Gasteiger charge is 2.25. The second-order valence-electron chi connectivity index (χ2n) is 5.33. The highest BCUT2D eigenvalue weighted by molar-refractivity contribution is 5.44. The average Bonchev–Trinajstić information content (AvgIpc) is 3.31. The molecule has 110 valence electrons. The molecule has 1 aliphatic carbocycles. The Kier molecular flexibility index (Phi) is 3.83. The average molecular weight is 279 g/mol. The largest absolute Gasteiger partial charge is 0.378 e. The molecular weight excluding hydrogens is 258 g/mol. The van der Waals surface area contributed by atoms with Gasteiger partial charge in [-0.1, -0.05) is 0 Å². The van der Waals surface area contributed by atoms with Crippen LogP contribution in [0.4, 0.5) is 17.8 Å². The van der Waals surface area contributed by atoms with Gasteiger partial charge in [0.05, 0.1) is 13.2 Å². The van der Waals surface area contributed by atoms with Crippen LogP contribution in [0.1, 0.15) is 12.8 Å². The summed E-state index contributed by atoms with van der Waals surface area (Å²) in [4.78, 5) is 17.4. The fourth-order valence-electron chi connectivity index (χ4n) is 2.26. The van der Waals surface area contributed by atoms with Gasteiger partial charge in [-0.3, -0.25) is 5.43 Å². The molecule has 1 aliphatic heterocycles. The number of rotatable bonds is 5. The highest BCUT2D eigenvalue weighted by Crippen LogP contribution is 2.30. The Labute approximate surface area is 118 Å². The van der Waals surface area contributed by atoms with Crippen molar-refractivity contribution in [3.63, 3.8) is 0 Å². The standard InChI is InChI=1S/C12H21N7O/c1-18(8-9-2-3-9)11-14-10(17-13)15-12(16-11)19-4-6-20-7-5-19/h9H,2-8,13H2,1H3,(H,14,15,16,17). The third-order valence-corrected chi connectivity index (χ3v) is 3.61. The van der Waals surface area contributed by atoms with Crippen LogP contribution in [0.15, 0.2) is 0 Å². The van der Waals surface area contributed by atoms with E-state index in [1.807, 2.05) is 7.05 Å². The maximum atomic E-state index is 5.47. The van der Waals surface area contributed by atoms with Crippen molar-refractivity contribution in [1.82, 2.24) is 15.0 Å². The Morgan fingerprint density at radius 2 is 2.05 bits per heavy atom. The summed E-state index contributed by atoms with van der Waals surface area (Å²) in [5, 5.41) is 0. The lowest BCUT2D eigenvalue weighted by molar-refractivity contribution is 0.122. The van der Waals surface area contributed by atoms with Crippen molar-refractivity contribution in [3.05, 3.63) is 0 Å². The van der Waals surface area contributed by atoms with Crippen LogP contribution in [0.5, 0.6) is 0 Å². The summed E-state index contributed by atoms with van der Waals surface area (Å²) < 4.78 is 5.35. The predicted molar refractivity (Wildman–Crippen MR) is 76.7 cm³/mol. The number of aromatic nitrogens is 3. The number of anilines is 3. The van der Waals surface area contributed by atoms with Gasteiger partial charge in [-0.25, -0.2) is 5.84 Å². The van der Waals surface area contributed by atoms with Crippen LogP contribution in [-0.4, -0.2) is 54.8 Å². The lowest BCUT2D eigenvalue weighted by Crippen LogP contribution is -2.38. The maximum Gasteiger partial charge on any atom is 0.243 e. The number of hydrogen-bond donors (Lipinski definition) is 2. The Bertz CT molecular complexity index is 459. The fourth-order valence-corrected chi connectivity index (χ4v) is 2.26. The van der Waals surface area contributed by atoms with E-state index in [0.29, 0.717) is 31.1 Å². The van der Waals surface area contributed by atoms with Crippen LogP contribution in [0.3, 0.4) is 0 Å². The van der Waals surface area contributed by atoms with Crippen molar-refractivity contribution in [1.29, 1.82) is 0 Å². The Hall–Kier alpha value is -1.67. The fraction of sp³-hybridized carbons (Fsp3) is 0.750. The van der Waals surface area contributed by atoms with Gasteiger partial charge in [-0.15, -0.1) is 0 Å². The van der Waals surface area contributed by atoms with E-state index >= 15 is 0 Å². The number of hydrazine groups is 1. The van der Waals surface area contributed by atoms with Crippen molar-refractivity contribution in [2.75, 3.05) is 55.1 Å². The Morgan fingerprint density at radius 1 is 1.30 bits per heavy atom. The summed E-state index contributed by atoms with van der Waals surface area (Å²) in [6, 6.07) is 0. The molecule has 0 radical (unpaired) electrons. The molecule has 0 unspecified atom stereocenters. The molecule has 2 aliphatic rings. The highest BCUT2D eigenvalue weighted by atomic mass is 16.5. The monoisotopic (exact) mass is 279 g/mol. The summed E-state index contributed by atoms with van der Waals surface area (Å²) in [6.45, 7) is 3.96. The molecule has 8 nitrogen and oxygen atoms in total. The first kappa shape index (κ1) is 13.3. The molecule has 8 heteroatoms. The van der Waals surface area contributed by atoms with Gasteiger partial charge in [0.15, 0.2) is 0 Å². The van der Waals surface area contributed by atoms with Gasteiger partial charge in [0.2, 0.25) is 17.8 Å². The molecule has 1 aromatic heterocycles. The van der Waals surface area contributed by atoms with Crippen LogP contribution in [0.2, 0.25) is 0 Å². The first-order chi connectivity index (χ1) is 9.76. The Morgan fingerprint density at radius 3 is 2.70 bits per heavy atom. The second-order valence-corrected chi connectivity index (χ2v) is 5.33. The third-order valence-electron chi connectivity index (χ3n) is 3.61. The molecule has 3 rings (SSSR count). The van der Waals surface area contributed by atoms with Gasteiger partial charge >= 0.3 is 0 Å². The van der Waals surface area contributed by atoms with Gasteiger partial charge in [-0.2, -0.15) is 15.0 Å². The lowest BCUT2D eigenvalue weighted by Gasteiger charge is -2.27. The number of ether oxygens (including phenoxy) is 1. The van der Waals surface area contributed by atoms with Gasteiger partial charge in [0.25, 0.3) is 0 Å². The summed E-state index contributed by atoms with van der Waals surface area (Å²) in [7, 11) is 2.01. The van der Waals surface area contributed by atoms with E-state index in [4.69, 9.17) is 10.6 Å². The maximum absolute atomic E-state index is 5.47. The van der Waals surface area contributed by atoms with Crippen LogP contribution in [0.25, 0.3) is 0 Å². The zero-order valence-electron chi connectivity index (χ0n) is 11.7. The van der Waals surface area contributed by atoms with Crippen LogP contribution in [-0.2, 0) is 4.74 Å². The third kappa shape index (κ3) is 3.07. The quantitative estimate of drug-likeness (QED) is 0.567. The van der Waals surface area contributed by atoms with E-state index in [-0.39, 0.29) is 0 Å². The minimum atomic E-state index is 0.402. The molecule has 1 saturated heterocycles. The number of morpholine rings is 1. The molecule has 20 heavy (non-hydrogen) atoms. The summed E-state index contributed by atoms with van der Waals surface area (Å²) in [5.74, 6) is 7.97. The van der Waals surface area contributed by atoms with Crippen molar-refractivity contribution >= 4 is 17.8 Å². The molecule has 0 atom stereocenters. The summed E-state index contributed by atoms with van der Waals surface area (Å²) in [6.07, 6.45) is 2.60. The van der Waals surface area contributed by atoms with Crippen LogP contribution < -0.4 is 21.1 Å². The predicted octanol–water partition coefficient (Wildman–Crippen LogP) is -0.160. The molecule has 2 fully saturated rings. The van der Waals surface area contributed by atoms with Crippen molar-refractivity contribution < 1.29 is 4.74 Å². The smallest absolute Gasteiger partial charge is 0.243 e. The van der Waals surface area contributed by atoms with Gasteiger partial charge in [-0.05, 0) is 18.8 Å². The number of nitrogens with zero attached hydrogens (tertiary/aromatic N) is 5. The van der Waals surface area contributed by atoms with E-state index in [1.54, 1.807) is 0 Å². The number of hydrogen-bond acceptors (Lipinski definition) is 8. The summed E-state index contributed by atoms with van der Waals surface area (Å²) >= 11 is 0. The van der Waals surface area contributed by atoms with Gasteiger partial charge in [0, 0.05) is 26.7 Å².